The van der Waals surface area contributed by atoms with Gasteiger partial charge < -0.3 is 0 Å². The highest BCUT2D eigenvalue weighted by atomic mass is 79.9. The van der Waals surface area contributed by atoms with Gasteiger partial charge in [0.05, 0.1) is 0 Å². The zero-order valence-corrected chi connectivity index (χ0v) is 9.31. The molecule has 0 heterocycles. The summed E-state index contributed by atoms with van der Waals surface area (Å²) in [6, 6.07) is 13.5. The lowest BCUT2D eigenvalue weighted by Gasteiger charge is -1.99. The summed E-state index contributed by atoms with van der Waals surface area (Å²) in [4.78, 5) is 0. The average molecular weight is 285 g/mol. The number of halogens is 2. The van der Waals surface area contributed by atoms with Crippen LogP contribution in [0.15, 0.2) is 39.3 Å². The third-order valence-corrected chi connectivity index (χ3v) is 3.48. The summed E-state index contributed by atoms with van der Waals surface area (Å²) in [6.07, 6.45) is 0. The first kappa shape index (κ1) is 8.27. The van der Waals surface area contributed by atoms with Crippen molar-refractivity contribution < 1.29 is 0 Å². The molecule has 0 unspecified atom stereocenters. The van der Waals surface area contributed by atoms with Crippen molar-refractivity contribution in [2.45, 2.75) is 0 Å². The molecule has 0 saturated carbocycles. The molecule has 0 amide bonds. The quantitative estimate of drug-likeness (QED) is 0.681. The van der Waals surface area contributed by atoms with Crippen LogP contribution in [0.25, 0.3) is 10.8 Å². The van der Waals surface area contributed by atoms with E-state index in [4.69, 9.17) is 0 Å². The van der Waals surface area contributed by atoms with Crippen LogP contribution in [0.1, 0.15) is 0 Å². The smallest absolute Gasteiger partial charge is 0.0402 e. The summed E-state index contributed by atoms with van der Waals surface area (Å²) in [6.45, 7) is 0. The van der Waals surface area contributed by atoms with E-state index in [-0.39, 0.29) is 0 Å². The highest BCUT2D eigenvalue weighted by molar-refractivity contribution is 9.13. The van der Waals surface area contributed by atoms with Gasteiger partial charge in [0.2, 0.25) is 0 Å². The molecule has 0 nitrogen and oxygen atoms in total. The van der Waals surface area contributed by atoms with Gasteiger partial charge in [0.15, 0.2) is 0 Å². The highest BCUT2D eigenvalue weighted by Crippen LogP contribution is 2.27. The Morgan fingerprint density at radius 2 is 1.83 bits per heavy atom. The van der Waals surface area contributed by atoms with Crippen molar-refractivity contribution in [2.24, 2.45) is 0 Å². The van der Waals surface area contributed by atoms with E-state index >= 15 is 0 Å². The van der Waals surface area contributed by atoms with Crippen molar-refractivity contribution in [2.75, 3.05) is 0 Å². The maximum Gasteiger partial charge on any atom is 0.0402 e. The molecule has 0 atom stereocenters. The Balaban J connectivity index is 2.84. The molecule has 2 heteroatoms. The topological polar surface area (TPSA) is 0 Å². The Hall–Kier alpha value is -0.340. The van der Waals surface area contributed by atoms with Gasteiger partial charge in [0, 0.05) is 15.0 Å². The number of rotatable bonds is 0. The van der Waals surface area contributed by atoms with Crippen LogP contribution in [0.5, 0.6) is 0 Å². The predicted molar refractivity (Wildman–Crippen MR) is 58.2 cm³/mol. The summed E-state index contributed by atoms with van der Waals surface area (Å²) >= 11 is 6.85. The Bertz CT molecular complexity index is 381. The van der Waals surface area contributed by atoms with Crippen LogP contribution in [-0.2, 0) is 0 Å². The van der Waals surface area contributed by atoms with Gasteiger partial charge in [-0.3, -0.25) is 0 Å². The van der Waals surface area contributed by atoms with Gasteiger partial charge in [-0.15, -0.1) is 0 Å². The number of benzene rings is 2. The summed E-state index contributed by atoms with van der Waals surface area (Å²) in [5.41, 5.74) is 0. The first-order valence-corrected chi connectivity index (χ1v) is 5.12. The largest absolute Gasteiger partial charge is 0.0616 e. The van der Waals surface area contributed by atoms with E-state index < -0.39 is 0 Å². The Kier molecular flexibility index (Phi) is 2.20. The van der Waals surface area contributed by atoms with E-state index in [1.54, 1.807) is 0 Å². The molecule has 0 bridgehead atoms. The van der Waals surface area contributed by atoms with Crippen molar-refractivity contribution >= 4 is 42.6 Å². The number of hydrogen-bond donors (Lipinski definition) is 0. The van der Waals surface area contributed by atoms with Crippen LogP contribution in [0.2, 0.25) is 0 Å². The van der Waals surface area contributed by atoms with Gasteiger partial charge in [-0.05, 0) is 48.7 Å². The molecule has 0 aliphatic rings. The Morgan fingerprint density at radius 3 is 2.67 bits per heavy atom. The van der Waals surface area contributed by atoms with Crippen molar-refractivity contribution in [1.82, 2.24) is 0 Å². The third kappa shape index (κ3) is 1.41. The standard InChI is InChI=1S/C10H5Br2/c11-9-5-7-3-1-2-4-8(7)6-10(9)12/h1-5H. The minimum absolute atomic E-state index is 0.973. The van der Waals surface area contributed by atoms with E-state index in [9.17, 15) is 0 Å². The lowest BCUT2D eigenvalue weighted by atomic mass is 10.1. The minimum atomic E-state index is 0.973. The van der Waals surface area contributed by atoms with Crippen LogP contribution in [0.4, 0.5) is 0 Å². The van der Waals surface area contributed by atoms with Crippen molar-refractivity contribution in [3.05, 3.63) is 45.3 Å². The summed E-state index contributed by atoms with van der Waals surface area (Å²) in [7, 11) is 0. The predicted octanol–water partition coefficient (Wildman–Crippen LogP) is 4.16. The molecule has 2 aromatic carbocycles. The van der Waals surface area contributed by atoms with Gasteiger partial charge in [0.1, 0.15) is 0 Å². The zero-order valence-electron chi connectivity index (χ0n) is 6.14. The van der Waals surface area contributed by atoms with Gasteiger partial charge in [-0.1, -0.05) is 24.3 Å². The molecule has 2 rings (SSSR count). The van der Waals surface area contributed by atoms with Crippen molar-refractivity contribution in [3.8, 4) is 0 Å². The van der Waals surface area contributed by atoms with Crippen LogP contribution in [0, 0.1) is 6.07 Å². The molecule has 1 radical (unpaired) electrons. The second kappa shape index (κ2) is 3.19. The van der Waals surface area contributed by atoms with Gasteiger partial charge in [-0.2, -0.15) is 0 Å². The number of fused-ring (bicyclic) bond motifs is 1. The molecule has 0 fully saturated rings. The van der Waals surface area contributed by atoms with E-state index in [1.165, 1.54) is 5.39 Å². The average Bonchev–Trinajstić information content (AvgIpc) is 2.07. The monoisotopic (exact) mass is 283 g/mol. The lowest BCUT2D eigenvalue weighted by molar-refractivity contribution is 1.63. The van der Waals surface area contributed by atoms with Crippen LogP contribution in [-0.4, -0.2) is 0 Å². The molecule has 0 aliphatic heterocycles. The van der Waals surface area contributed by atoms with Crippen LogP contribution < -0.4 is 0 Å². The molecule has 0 spiro atoms. The Morgan fingerprint density at radius 1 is 1.08 bits per heavy atom. The van der Waals surface area contributed by atoms with E-state index in [0.29, 0.717) is 0 Å². The van der Waals surface area contributed by atoms with Crippen molar-refractivity contribution in [1.29, 1.82) is 0 Å². The van der Waals surface area contributed by atoms with E-state index in [1.807, 2.05) is 18.2 Å². The second-order valence-corrected chi connectivity index (χ2v) is 4.17. The van der Waals surface area contributed by atoms with Gasteiger partial charge in [0.25, 0.3) is 0 Å². The second-order valence-electron chi connectivity index (χ2n) is 2.52. The molecule has 2 aromatic rings. The fourth-order valence-electron chi connectivity index (χ4n) is 1.11. The fraction of sp³-hybridized carbons (Fsp3) is 0. The first-order valence-electron chi connectivity index (χ1n) is 3.53. The molecular formula is C10H5Br2. The minimum Gasteiger partial charge on any atom is -0.0616 e. The van der Waals surface area contributed by atoms with Crippen LogP contribution >= 0.6 is 31.9 Å². The van der Waals surface area contributed by atoms with Gasteiger partial charge >= 0.3 is 0 Å². The van der Waals surface area contributed by atoms with Crippen LogP contribution in [0.3, 0.4) is 0 Å². The van der Waals surface area contributed by atoms with Gasteiger partial charge in [-0.25, -0.2) is 0 Å². The van der Waals surface area contributed by atoms with Crippen molar-refractivity contribution in [3.63, 3.8) is 0 Å². The maximum absolute atomic E-state index is 3.44. The highest BCUT2D eigenvalue weighted by Gasteiger charge is 1.98. The zero-order chi connectivity index (χ0) is 8.55. The molecule has 0 N–H and O–H groups in total. The summed E-state index contributed by atoms with van der Waals surface area (Å²) in [5, 5.41) is 2.33. The lowest BCUT2D eigenvalue weighted by Crippen LogP contribution is -1.74. The molecule has 12 heavy (non-hydrogen) atoms. The molecule has 0 aliphatic carbocycles. The van der Waals surface area contributed by atoms with E-state index in [2.05, 4.69) is 50.1 Å². The normalized spacial score (nSPS) is 10.5. The number of hydrogen-bond acceptors (Lipinski definition) is 0. The fourth-order valence-corrected chi connectivity index (χ4v) is 1.79. The Labute approximate surface area is 87.8 Å². The molecule has 0 aromatic heterocycles. The summed E-state index contributed by atoms with van der Waals surface area (Å²) in [5.74, 6) is 0. The maximum atomic E-state index is 3.44. The first-order chi connectivity index (χ1) is 5.77. The third-order valence-electron chi connectivity index (χ3n) is 1.70. The molecule has 0 saturated heterocycles. The SMILES string of the molecule is Brc1[c]c2ccccc2cc1Br. The molecule has 59 valence electrons. The van der Waals surface area contributed by atoms with E-state index in [0.717, 1.165) is 14.3 Å². The molecular weight excluding hydrogens is 280 g/mol. The summed E-state index contributed by atoms with van der Waals surface area (Å²) < 4.78 is 2.02.